The number of halogens is 1. The fourth-order valence-electron chi connectivity index (χ4n) is 2.11. The molecule has 0 spiro atoms. The largest absolute Gasteiger partial charge is 0.321 e. The zero-order valence-corrected chi connectivity index (χ0v) is 9.39. The molecule has 0 radical (unpaired) electrons. The molecule has 0 aliphatic heterocycles. The lowest BCUT2D eigenvalue weighted by Gasteiger charge is -2.39. The van der Waals surface area contributed by atoms with Crippen molar-refractivity contribution in [1.29, 1.82) is 0 Å². The quantitative estimate of drug-likeness (QED) is 0.791. The second kappa shape index (κ2) is 3.60. The summed E-state index contributed by atoms with van der Waals surface area (Å²) >= 11 is 0. The SMILES string of the molecule is CC(C)c1ccc(F)c(C2(N)CCC2)c1. The first-order valence-corrected chi connectivity index (χ1v) is 5.62. The number of rotatable bonds is 2. The summed E-state index contributed by atoms with van der Waals surface area (Å²) in [7, 11) is 0. The zero-order valence-electron chi connectivity index (χ0n) is 9.39. The van der Waals surface area contributed by atoms with E-state index in [1.54, 1.807) is 6.07 Å². The molecule has 2 heteroatoms. The van der Waals surface area contributed by atoms with Crippen LogP contribution in [0.4, 0.5) is 4.39 Å². The van der Waals surface area contributed by atoms with E-state index in [1.807, 2.05) is 12.1 Å². The molecule has 1 aromatic rings. The molecule has 1 aliphatic carbocycles. The molecule has 0 bridgehead atoms. The first kappa shape index (κ1) is 10.6. The number of hydrogen-bond donors (Lipinski definition) is 1. The van der Waals surface area contributed by atoms with Crippen LogP contribution in [0.15, 0.2) is 18.2 Å². The average molecular weight is 207 g/mol. The number of benzene rings is 1. The van der Waals surface area contributed by atoms with Crippen molar-refractivity contribution >= 4 is 0 Å². The van der Waals surface area contributed by atoms with Crippen LogP contribution in [-0.4, -0.2) is 0 Å². The molecule has 2 N–H and O–H groups in total. The molecule has 2 rings (SSSR count). The Labute approximate surface area is 90.5 Å². The molecule has 0 atom stereocenters. The smallest absolute Gasteiger partial charge is 0.128 e. The fourth-order valence-corrected chi connectivity index (χ4v) is 2.11. The van der Waals surface area contributed by atoms with Gasteiger partial charge < -0.3 is 5.73 Å². The van der Waals surface area contributed by atoms with Crippen LogP contribution in [0.3, 0.4) is 0 Å². The minimum atomic E-state index is -0.394. The van der Waals surface area contributed by atoms with E-state index in [9.17, 15) is 4.39 Å². The van der Waals surface area contributed by atoms with E-state index in [2.05, 4.69) is 13.8 Å². The topological polar surface area (TPSA) is 26.0 Å². The summed E-state index contributed by atoms with van der Waals surface area (Å²) in [5.41, 5.74) is 7.64. The first-order chi connectivity index (χ1) is 7.03. The maximum Gasteiger partial charge on any atom is 0.128 e. The Hall–Kier alpha value is -0.890. The molecule has 0 heterocycles. The third-order valence-corrected chi connectivity index (χ3v) is 3.44. The summed E-state index contributed by atoms with van der Waals surface area (Å²) in [6.07, 6.45) is 2.93. The van der Waals surface area contributed by atoms with Gasteiger partial charge in [0, 0.05) is 11.1 Å². The van der Waals surface area contributed by atoms with Gasteiger partial charge in [-0.1, -0.05) is 26.0 Å². The van der Waals surface area contributed by atoms with Crippen molar-refractivity contribution in [3.8, 4) is 0 Å². The molecule has 1 fully saturated rings. The fraction of sp³-hybridized carbons (Fsp3) is 0.538. The lowest BCUT2D eigenvalue weighted by atomic mass is 9.72. The van der Waals surface area contributed by atoms with Crippen molar-refractivity contribution in [3.63, 3.8) is 0 Å². The van der Waals surface area contributed by atoms with E-state index in [4.69, 9.17) is 5.73 Å². The van der Waals surface area contributed by atoms with Gasteiger partial charge in [-0.25, -0.2) is 4.39 Å². The summed E-state index contributed by atoms with van der Waals surface area (Å²) in [4.78, 5) is 0. The van der Waals surface area contributed by atoms with Gasteiger partial charge in [-0.2, -0.15) is 0 Å². The lowest BCUT2D eigenvalue weighted by molar-refractivity contribution is 0.245. The molecule has 82 valence electrons. The second-order valence-corrected chi connectivity index (χ2v) is 4.90. The van der Waals surface area contributed by atoms with Gasteiger partial charge in [-0.05, 0) is 36.8 Å². The predicted octanol–water partition coefficient (Wildman–Crippen LogP) is 3.29. The third kappa shape index (κ3) is 1.78. The Bertz CT molecular complexity index is 367. The minimum absolute atomic E-state index is 0.151. The highest BCUT2D eigenvalue weighted by Gasteiger charge is 2.36. The molecular formula is C13H18FN. The van der Waals surface area contributed by atoms with Crippen LogP contribution in [0.25, 0.3) is 0 Å². The molecule has 1 aromatic carbocycles. The van der Waals surface area contributed by atoms with Gasteiger partial charge in [-0.3, -0.25) is 0 Å². The van der Waals surface area contributed by atoms with Crippen molar-refractivity contribution in [1.82, 2.24) is 0 Å². The van der Waals surface area contributed by atoms with Crippen LogP contribution in [0.1, 0.15) is 50.2 Å². The Morgan fingerprint density at radius 3 is 2.47 bits per heavy atom. The maximum atomic E-state index is 13.7. The van der Waals surface area contributed by atoms with E-state index in [1.165, 1.54) is 5.56 Å². The van der Waals surface area contributed by atoms with Gasteiger partial charge in [0.15, 0.2) is 0 Å². The van der Waals surface area contributed by atoms with Crippen molar-refractivity contribution < 1.29 is 4.39 Å². The van der Waals surface area contributed by atoms with E-state index >= 15 is 0 Å². The Balaban J connectivity index is 2.41. The highest BCUT2D eigenvalue weighted by molar-refractivity contribution is 5.33. The molecule has 1 aliphatic rings. The lowest BCUT2D eigenvalue weighted by Crippen LogP contribution is -2.44. The average Bonchev–Trinajstić information content (AvgIpc) is 2.14. The van der Waals surface area contributed by atoms with Crippen LogP contribution in [0.2, 0.25) is 0 Å². The monoisotopic (exact) mass is 207 g/mol. The van der Waals surface area contributed by atoms with Gasteiger partial charge in [0.2, 0.25) is 0 Å². The molecule has 15 heavy (non-hydrogen) atoms. The van der Waals surface area contributed by atoms with E-state index in [-0.39, 0.29) is 5.82 Å². The summed E-state index contributed by atoms with van der Waals surface area (Å²) < 4.78 is 13.7. The molecule has 0 unspecified atom stereocenters. The van der Waals surface area contributed by atoms with Crippen LogP contribution in [0.5, 0.6) is 0 Å². The van der Waals surface area contributed by atoms with Crippen LogP contribution < -0.4 is 5.73 Å². The second-order valence-electron chi connectivity index (χ2n) is 4.90. The maximum absolute atomic E-state index is 13.7. The summed E-state index contributed by atoms with van der Waals surface area (Å²) in [6.45, 7) is 4.22. The minimum Gasteiger partial charge on any atom is -0.321 e. The highest BCUT2D eigenvalue weighted by atomic mass is 19.1. The van der Waals surface area contributed by atoms with Gasteiger partial charge in [0.1, 0.15) is 5.82 Å². The normalized spacial score (nSPS) is 19.0. The zero-order chi connectivity index (χ0) is 11.1. The van der Waals surface area contributed by atoms with E-state index in [0.29, 0.717) is 11.5 Å². The highest BCUT2D eigenvalue weighted by Crippen LogP contribution is 2.40. The summed E-state index contributed by atoms with van der Waals surface area (Å²) in [5, 5.41) is 0. The van der Waals surface area contributed by atoms with Crippen molar-refractivity contribution in [2.24, 2.45) is 5.73 Å². The standard InChI is InChI=1S/C13H18FN/c1-9(2)10-4-5-12(14)11(8-10)13(15)6-3-7-13/h4-5,8-9H,3,6-7,15H2,1-2H3. The van der Waals surface area contributed by atoms with Crippen molar-refractivity contribution in [3.05, 3.63) is 35.1 Å². The predicted molar refractivity (Wildman–Crippen MR) is 60.2 cm³/mol. The van der Waals surface area contributed by atoms with Crippen LogP contribution >= 0.6 is 0 Å². The Morgan fingerprint density at radius 1 is 1.33 bits per heavy atom. The van der Waals surface area contributed by atoms with E-state index < -0.39 is 5.54 Å². The third-order valence-electron chi connectivity index (χ3n) is 3.44. The Kier molecular flexibility index (Phi) is 2.55. The van der Waals surface area contributed by atoms with Gasteiger partial charge in [-0.15, -0.1) is 0 Å². The Morgan fingerprint density at radius 2 is 2.00 bits per heavy atom. The van der Waals surface area contributed by atoms with E-state index in [0.717, 1.165) is 19.3 Å². The van der Waals surface area contributed by atoms with Gasteiger partial charge in [0.25, 0.3) is 0 Å². The van der Waals surface area contributed by atoms with Crippen molar-refractivity contribution in [2.45, 2.75) is 44.6 Å². The van der Waals surface area contributed by atoms with Gasteiger partial charge >= 0.3 is 0 Å². The van der Waals surface area contributed by atoms with Gasteiger partial charge in [0.05, 0.1) is 0 Å². The van der Waals surface area contributed by atoms with Crippen molar-refractivity contribution in [2.75, 3.05) is 0 Å². The number of nitrogens with two attached hydrogens (primary N) is 1. The molecule has 1 saturated carbocycles. The molecular weight excluding hydrogens is 189 g/mol. The first-order valence-electron chi connectivity index (χ1n) is 5.62. The summed E-state index contributed by atoms with van der Waals surface area (Å²) in [6, 6.07) is 5.35. The molecule has 1 nitrogen and oxygen atoms in total. The van der Waals surface area contributed by atoms with Crippen LogP contribution in [0, 0.1) is 5.82 Å². The van der Waals surface area contributed by atoms with Crippen LogP contribution in [-0.2, 0) is 5.54 Å². The molecule has 0 saturated heterocycles. The summed E-state index contributed by atoms with van der Waals surface area (Å²) in [5.74, 6) is 0.273. The number of hydrogen-bond acceptors (Lipinski definition) is 1. The molecule has 0 amide bonds. The molecule has 0 aromatic heterocycles.